The lowest BCUT2D eigenvalue weighted by molar-refractivity contribution is 0.00463. The summed E-state index contributed by atoms with van der Waals surface area (Å²) in [7, 11) is 1.99. The van der Waals surface area contributed by atoms with Crippen LogP contribution < -0.4 is 5.32 Å². The Morgan fingerprint density at radius 3 is 3.00 bits per heavy atom. The van der Waals surface area contributed by atoms with Gasteiger partial charge in [0.15, 0.2) is 0 Å². The number of hydrogen-bond donors (Lipinski definition) is 1. The van der Waals surface area contributed by atoms with Crippen LogP contribution >= 0.6 is 15.9 Å². The number of aryl methyl sites for hydroxylation is 1. The van der Waals surface area contributed by atoms with Crippen molar-refractivity contribution < 1.29 is 4.74 Å². The molecule has 1 N–H and O–H groups in total. The van der Waals surface area contributed by atoms with Crippen LogP contribution in [0, 0.1) is 0 Å². The van der Waals surface area contributed by atoms with Gasteiger partial charge in [0.25, 0.3) is 0 Å². The first kappa shape index (κ1) is 14.0. The van der Waals surface area contributed by atoms with Gasteiger partial charge in [0, 0.05) is 13.7 Å². The minimum absolute atomic E-state index is 0.306. The third kappa shape index (κ3) is 3.33. The van der Waals surface area contributed by atoms with Crippen molar-refractivity contribution in [3.05, 3.63) is 16.4 Å². The molecule has 0 spiro atoms. The van der Waals surface area contributed by atoms with Gasteiger partial charge in [0.1, 0.15) is 0 Å². The summed E-state index contributed by atoms with van der Waals surface area (Å²) in [6.07, 6.45) is 6.93. The van der Waals surface area contributed by atoms with Crippen LogP contribution in [-0.2, 0) is 11.8 Å². The van der Waals surface area contributed by atoms with Crippen LogP contribution in [0.5, 0.6) is 0 Å². The zero-order valence-corrected chi connectivity index (χ0v) is 12.7. The van der Waals surface area contributed by atoms with Crippen LogP contribution in [0.25, 0.3) is 0 Å². The van der Waals surface area contributed by atoms with E-state index >= 15 is 0 Å². The van der Waals surface area contributed by atoms with E-state index in [0.29, 0.717) is 12.1 Å². The number of aromatic nitrogens is 2. The second-order valence-electron chi connectivity index (χ2n) is 4.84. The molecule has 18 heavy (non-hydrogen) atoms. The van der Waals surface area contributed by atoms with E-state index < -0.39 is 0 Å². The Bertz CT molecular complexity index is 355. The molecular formula is C13H22BrN3O. The summed E-state index contributed by atoms with van der Waals surface area (Å²) < 4.78 is 8.87. The van der Waals surface area contributed by atoms with Crippen molar-refractivity contribution in [3.8, 4) is 0 Å². The topological polar surface area (TPSA) is 39.1 Å². The normalized spacial score (nSPS) is 22.1. The fourth-order valence-electron chi connectivity index (χ4n) is 2.61. The van der Waals surface area contributed by atoms with E-state index in [-0.39, 0.29) is 0 Å². The van der Waals surface area contributed by atoms with Gasteiger partial charge < -0.3 is 10.1 Å². The van der Waals surface area contributed by atoms with Crippen LogP contribution in [0.1, 0.15) is 44.3 Å². The predicted molar refractivity (Wildman–Crippen MR) is 75.5 cm³/mol. The van der Waals surface area contributed by atoms with Crippen molar-refractivity contribution in [2.24, 2.45) is 7.05 Å². The fourth-order valence-corrected chi connectivity index (χ4v) is 3.23. The highest BCUT2D eigenvalue weighted by Gasteiger charge is 2.24. The van der Waals surface area contributed by atoms with E-state index in [1.54, 1.807) is 0 Å². The van der Waals surface area contributed by atoms with Crippen LogP contribution in [0.3, 0.4) is 0 Å². The molecule has 1 saturated heterocycles. The first-order chi connectivity index (χ1) is 8.72. The highest BCUT2D eigenvalue weighted by atomic mass is 79.9. The minimum Gasteiger partial charge on any atom is -0.378 e. The van der Waals surface area contributed by atoms with Gasteiger partial charge in [0.05, 0.1) is 28.5 Å². The highest BCUT2D eigenvalue weighted by molar-refractivity contribution is 9.10. The van der Waals surface area contributed by atoms with Crippen molar-refractivity contribution >= 4 is 15.9 Å². The van der Waals surface area contributed by atoms with Crippen molar-refractivity contribution in [2.75, 3.05) is 13.2 Å². The molecule has 1 aliphatic heterocycles. The molecule has 0 saturated carbocycles. The molecule has 0 aromatic carbocycles. The van der Waals surface area contributed by atoms with Gasteiger partial charge in [-0.3, -0.25) is 4.68 Å². The molecule has 1 aromatic rings. The molecule has 2 heterocycles. The Hall–Kier alpha value is -0.390. The van der Waals surface area contributed by atoms with Gasteiger partial charge in [-0.05, 0) is 48.2 Å². The summed E-state index contributed by atoms with van der Waals surface area (Å²) in [4.78, 5) is 0. The number of halogens is 1. The molecule has 102 valence electrons. The van der Waals surface area contributed by atoms with Gasteiger partial charge in [0.2, 0.25) is 0 Å². The fraction of sp³-hybridized carbons (Fsp3) is 0.769. The number of nitrogens with zero attached hydrogens (tertiary/aromatic N) is 2. The quantitative estimate of drug-likeness (QED) is 0.908. The zero-order chi connectivity index (χ0) is 13.0. The molecule has 2 atom stereocenters. The van der Waals surface area contributed by atoms with Gasteiger partial charge in [-0.25, -0.2) is 0 Å². The monoisotopic (exact) mass is 315 g/mol. The number of nitrogens with one attached hydrogen (secondary N) is 1. The van der Waals surface area contributed by atoms with Crippen molar-refractivity contribution in [2.45, 2.75) is 44.8 Å². The third-order valence-corrected chi connectivity index (χ3v) is 4.10. The van der Waals surface area contributed by atoms with E-state index in [0.717, 1.165) is 24.0 Å². The molecule has 1 fully saturated rings. The maximum absolute atomic E-state index is 5.85. The van der Waals surface area contributed by atoms with Crippen molar-refractivity contribution in [1.82, 2.24) is 15.1 Å². The maximum atomic E-state index is 5.85. The largest absolute Gasteiger partial charge is 0.378 e. The van der Waals surface area contributed by atoms with E-state index in [4.69, 9.17) is 4.74 Å². The molecule has 2 rings (SSSR count). The lowest BCUT2D eigenvalue weighted by atomic mass is 10.00. The maximum Gasteiger partial charge on any atom is 0.0693 e. The van der Waals surface area contributed by atoms with E-state index in [9.17, 15) is 0 Å². The summed E-state index contributed by atoms with van der Waals surface area (Å²) in [5.74, 6) is 0. The molecule has 4 nitrogen and oxygen atoms in total. The molecule has 0 amide bonds. The average molecular weight is 316 g/mol. The Morgan fingerprint density at radius 2 is 2.44 bits per heavy atom. The second-order valence-corrected chi connectivity index (χ2v) is 5.69. The smallest absolute Gasteiger partial charge is 0.0693 e. The Labute approximate surface area is 117 Å². The molecule has 1 aliphatic rings. The molecule has 0 aliphatic carbocycles. The highest BCUT2D eigenvalue weighted by Crippen LogP contribution is 2.29. The van der Waals surface area contributed by atoms with Crippen molar-refractivity contribution in [1.29, 1.82) is 0 Å². The number of ether oxygens (including phenoxy) is 1. The first-order valence-corrected chi connectivity index (χ1v) is 7.54. The molecule has 5 heteroatoms. The van der Waals surface area contributed by atoms with Crippen LogP contribution in [-0.4, -0.2) is 29.0 Å². The Kier molecular flexibility index (Phi) is 5.21. The molecule has 2 unspecified atom stereocenters. The average Bonchev–Trinajstić information content (AvgIpc) is 2.70. The second kappa shape index (κ2) is 6.68. The van der Waals surface area contributed by atoms with Crippen LogP contribution in [0.4, 0.5) is 0 Å². The first-order valence-electron chi connectivity index (χ1n) is 6.74. The van der Waals surface area contributed by atoms with Gasteiger partial charge in [-0.2, -0.15) is 5.10 Å². The Morgan fingerprint density at radius 1 is 1.61 bits per heavy atom. The van der Waals surface area contributed by atoms with Crippen LogP contribution in [0.2, 0.25) is 0 Å². The molecule has 0 radical (unpaired) electrons. The summed E-state index contributed by atoms with van der Waals surface area (Å²) in [5.41, 5.74) is 1.21. The summed E-state index contributed by atoms with van der Waals surface area (Å²) in [6, 6.07) is 0.306. The SMILES string of the molecule is CCNC(CC1CCCCO1)c1c(Br)cnn1C. The van der Waals surface area contributed by atoms with E-state index in [1.807, 2.05) is 17.9 Å². The summed E-state index contributed by atoms with van der Waals surface area (Å²) in [6.45, 7) is 4.00. The van der Waals surface area contributed by atoms with Crippen LogP contribution in [0.15, 0.2) is 10.7 Å². The summed E-state index contributed by atoms with van der Waals surface area (Å²) >= 11 is 3.59. The lowest BCUT2D eigenvalue weighted by Gasteiger charge is -2.27. The van der Waals surface area contributed by atoms with E-state index in [1.165, 1.54) is 25.0 Å². The minimum atomic E-state index is 0.306. The van der Waals surface area contributed by atoms with Gasteiger partial charge in [-0.1, -0.05) is 6.92 Å². The van der Waals surface area contributed by atoms with Gasteiger partial charge >= 0.3 is 0 Å². The third-order valence-electron chi connectivity index (χ3n) is 3.49. The zero-order valence-electron chi connectivity index (χ0n) is 11.2. The van der Waals surface area contributed by atoms with Crippen molar-refractivity contribution in [3.63, 3.8) is 0 Å². The molecule has 1 aromatic heterocycles. The molecular weight excluding hydrogens is 294 g/mol. The predicted octanol–water partition coefficient (Wildman–Crippen LogP) is 2.79. The standard InChI is InChI=1S/C13H22BrN3O/c1-3-15-12(8-10-6-4-5-7-18-10)13-11(14)9-16-17(13)2/h9-10,12,15H,3-8H2,1-2H3. The summed E-state index contributed by atoms with van der Waals surface area (Å²) in [5, 5.41) is 7.84. The number of rotatable bonds is 5. The number of hydrogen-bond acceptors (Lipinski definition) is 3. The molecule has 0 bridgehead atoms. The van der Waals surface area contributed by atoms with E-state index in [2.05, 4.69) is 33.3 Å². The Balaban J connectivity index is 2.07. The lowest BCUT2D eigenvalue weighted by Crippen LogP contribution is -2.30. The van der Waals surface area contributed by atoms with Gasteiger partial charge in [-0.15, -0.1) is 0 Å².